The number of nitrogens with one attached hydrogen (secondary N) is 3. The van der Waals surface area contributed by atoms with Gasteiger partial charge in [-0.1, -0.05) is 6.92 Å². The summed E-state index contributed by atoms with van der Waals surface area (Å²) in [6.07, 6.45) is 3.43. The zero-order valence-corrected chi connectivity index (χ0v) is 14.9. The van der Waals surface area contributed by atoms with E-state index in [1.165, 1.54) is 13.0 Å². The fourth-order valence-electron chi connectivity index (χ4n) is 2.49. The number of likely N-dealkylation sites (tertiary alicyclic amines) is 1. The number of piperidine rings is 1. The summed E-state index contributed by atoms with van der Waals surface area (Å²) in [5, 5.41) is 6.56. The lowest BCUT2D eigenvalue weighted by atomic mass is 10.1. The Hall–Kier alpha value is -0.860. The normalized spacial score (nSPS) is 18.4. The van der Waals surface area contributed by atoms with E-state index in [9.17, 15) is 8.42 Å². The standard InChI is InChI=1S/C14H31N5O2S/c1-4-10-19-11-6-13(7-12-19)18-14(15-3)16-8-9-17-22(20,21)5-2/h13,17H,4-12H2,1-3H3,(H2,15,16,18). The molecule has 1 fully saturated rings. The quantitative estimate of drug-likeness (QED) is 0.330. The minimum atomic E-state index is -3.12. The van der Waals surface area contributed by atoms with E-state index in [1.54, 1.807) is 14.0 Å². The zero-order chi connectivity index (χ0) is 16.4. The van der Waals surface area contributed by atoms with Gasteiger partial charge < -0.3 is 15.5 Å². The first kappa shape index (κ1) is 19.2. The van der Waals surface area contributed by atoms with Gasteiger partial charge in [-0.25, -0.2) is 13.1 Å². The Labute approximate surface area is 135 Å². The molecule has 1 rings (SSSR count). The number of guanidine groups is 1. The predicted octanol–water partition coefficient (Wildman–Crippen LogP) is -0.0349. The van der Waals surface area contributed by atoms with E-state index in [0.29, 0.717) is 19.1 Å². The van der Waals surface area contributed by atoms with Crippen LogP contribution >= 0.6 is 0 Å². The van der Waals surface area contributed by atoms with Crippen molar-refractivity contribution in [1.29, 1.82) is 0 Å². The average Bonchev–Trinajstić information content (AvgIpc) is 2.52. The van der Waals surface area contributed by atoms with Gasteiger partial charge in [-0.3, -0.25) is 4.99 Å². The minimum absolute atomic E-state index is 0.107. The van der Waals surface area contributed by atoms with Crippen LogP contribution in [0, 0.1) is 0 Å². The van der Waals surface area contributed by atoms with E-state index in [1.807, 2.05) is 0 Å². The van der Waals surface area contributed by atoms with E-state index < -0.39 is 10.0 Å². The summed E-state index contributed by atoms with van der Waals surface area (Å²) in [5.74, 6) is 0.848. The fourth-order valence-corrected chi connectivity index (χ4v) is 3.11. The van der Waals surface area contributed by atoms with Gasteiger partial charge in [0, 0.05) is 39.3 Å². The van der Waals surface area contributed by atoms with Gasteiger partial charge in [-0.15, -0.1) is 0 Å². The summed E-state index contributed by atoms with van der Waals surface area (Å²) in [7, 11) is -1.38. The van der Waals surface area contributed by atoms with E-state index in [2.05, 4.69) is 32.2 Å². The highest BCUT2D eigenvalue weighted by atomic mass is 32.2. The molecule has 0 atom stereocenters. The lowest BCUT2D eigenvalue weighted by Crippen LogP contribution is -2.49. The third-order valence-electron chi connectivity index (χ3n) is 3.81. The second-order valence-electron chi connectivity index (χ2n) is 5.56. The van der Waals surface area contributed by atoms with Crippen molar-refractivity contribution in [2.24, 2.45) is 4.99 Å². The Morgan fingerprint density at radius 2 is 1.91 bits per heavy atom. The molecule has 0 aromatic rings. The Balaban J connectivity index is 2.23. The molecule has 0 unspecified atom stereocenters. The first-order valence-corrected chi connectivity index (χ1v) is 9.82. The van der Waals surface area contributed by atoms with Gasteiger partial charge in [0.15, 0.2) is 5.96 Å². The Morgan fingerprint density at radius 1 is 1.23 bits per heavy atom. The summed E-state index contributed by atoms with van der Waals surface area (Å²) in [4.78, 5) is 6.69. The van der Waals surface area contributed by atoms with Crippen molar-refractivity contribution in [3.63, 3.8) is 0 Å². The molecule has 0 bridgehead atoms. The van der Waals surface area contributed by atoms with Crippen LogP contribution in [0.2, 0.25) is 0 Å². The van der Waals surface area contributed by atoms with Crippen molar-refractivity contribution in [3.8, 4) is 0 Å². The molecule has 7 nitrogen and oxygen atoms in total. The fraction of sp³-hybridized carbons (Fsp3) is 0.929. The van der Waals surface area contributed by atoms with Crippen LogP contribution in [-0.2, 0) is 10.0 Å². The SMILES string of the molecule is CCCN1CCC(NC(=NC)NCCNS(=O)(=O)CC)CC1. The Morgan fingerprint density at radius 3 is 2.45 bits per heavy atom. The molecule has 0 saturated carbocycles. The molecule has 0 radical (unpaired) electrons. The van der Waals surface area contributed by atoms with Gasteiger partial charge in [-0.2, -0.15) is 0 Å². The van der Waals surface area contributed by atoms with Gasteiger partial charge in [0.1, 0.15) is 0 Å². The van der Waals surface area contributed by atoms with Crippen molar-refractivity contribution in [2.75, 3.05) is 45.5 Å². The highest BCUT2D eigenvalue weighted by Gasteiger charge is 2.19. The van der Waals surface area contributed by atoms with Crippen LogP contribution < -0.4 is 15.4 Å². The van der Waals surface area contributed by atoms with Crippen molar-refractivity contribution in [3.05, 3.63) is 0 Å². The van der Waals surface area contributed by atoms with Gasteiger partial charge in [-0.05, 0) is 32.7 Å². The molecule has 1 heterocycles. The van der Waals surface area contributed by atoms with E-state index >= 15 is 0 Å². The summed E-state index contributed by atoms with van der Waals surface area (Å²) < 4.78 is 25.2. The molecule has 3 N–H and O–H groups in total. The highest BCUT2D eigenvalue weighted by molar-refractivity contribution is 7.89. The van der Waals surface area contributed by atoms with E-state index in [0.717, 1.165) is 31.9 Å². The molecular formula is C14H31N5O2S. The monoisotopic (exact) mass is 333 g/mol. The molecular weight excluding hydrogens is 302 g/mol. The summed E-state index contributed by atoms with van der Waals surface area (Å²) >= 11 is 0. The summed E-state index contributed by atoms with van der Waals surface area (Å²) in [6, 6.07) is 0.437. The lowest BCUT2D eigenvalue weighted by Gasteiger charge is -2.32. The van der Waals surface area contributed by atoms with Crippen molar-refractivity contribution < 1.29 is 8.42 Å². The summed E-state index contributed by atoms with van der Waals surface area (Å²) in [5.41, 5.74) is 0. The van der Waals surface area contributed by atoms with Crippen LogP contribution in [0.1, 0.15) is 33.1 Å². The van der Waals surface area contributed by atoms with Gasteiger partial charge >= 0.3 is 0 Å². The van der Waals surface area contributed by atoms with Crippen LogP contribution in [-0.4, -0.2) is 70.8 Å². The van der Waals surface area contributed by atoms with Gasteiger partial charge in [0.25, 0.3) is 0 Å². The molecule has 0 aromatic heterocycles. The maximum Gasteiger partial charge on any atom is 0.211 e. The third kappa shape index (κ3) is 7.42. The molecule has 1 aliphatic heterocycles. The lowest BCUT2D eigenvalue weighted by molar-refractivity contribution is 0.206. The number of rotatable bonds is 8. The number of nitrogens with zero attached hydrogens (tertiary/aromatic N) is 2. The van der Waals surface area contributed by atoms with Crippen molar-refractivity contribution in [2.45, 2.75) is 39.2 Å². The zero-order valence-electron chi connectivity index (χ0n) is 14.1. The molecule has 0 amide bonds. The Kier molecular flexibility index (Phi) is 8.74. The highest BCUT2D eigenvalue weighted by Crippen LogP contribution is 2.10. The second-order valence-corrected chi connectivity index (χ2v) is 7.65. The molecule has 1 saturated heterocycles. The molecule has 1 aliphatic rings. The van der Waals surface area contributed by atoms with E-state index in [-0.39, 0.29) is 5.75 Å². The number of aliphatic imine (C=N–C) groups is 1. The second kappa shape index (κ2) is 10.0. The molecule has 0 spiro atoms. The van der Waals surface area contributed by atoms with Crippen LogP contribution in [0.5, 0.6) is 0 Å². The maximum absolute atomic E-state index is 11.3. The summed E-state index contributed by atoms with van der Waals surface area (Å²) in [6.45, 7) is 8.15. The number of sulfonamides is 1. The smallest absolute Gasteiger partial charge is 0.211 e. The predicted molar refractivity (Wildman–Crippen MR) is 91.7 cm³/mol. The maximum atomic E-state index is 11.3. The molecule has 0 aromatic carbocycles. The van der Waals surface area contributed by atoms with Crippen LogP contribution in [0.4, 0.5) is 0 Å². The third-order valence-corrected chi connectivity index (χ3v) is 5.22. The molecule has 22 heavy (non-hydrogen) atoms. The van der Waals surface area contributed by atoms with Gasteiger partial charge in [0.05, 0.1) is 5.75 Å². The molecule has 0 aliphatic carbocycles. The minimum Gasteiger partial charge on any atom is -0.355 e. The van der Waals surface area contributed by atoms with Crippen molar-refractivity contribution in [1.82, 2.24) is 20.3 Å². The average molecular weight is 334 g/mol. The Bertz CT molecular complexity index is 431. The topological polar surface area (TPSA) is 85.8 Å². The largest absolute Gasteiger partial charge is 0.355 e. The van der Waals surface area contributed by atoms with Crippen LogP contribution in [0.15, 0.2) is 4.99 Å². The molecule has 130 valence electrons. The first-order valence-electron chi connectivity index (χ1n) is 8.17. The van der Waals surface area contributed by atoms with Gasteiger partial charge in [0.2, 0.25) is 10.0 Å². The van der Waals surface area contributed by atoms with E-state index in [4.69, 9.17) is 0 Å². The first-order chi connectivity index (χ1) is 10.5. The molecule has 8 heteroatoms. The van der Waals surface area contributed by atoms with Crippen LogP contribution in [0.25, 0.3) is 0 Å². The van der Waals surface area contributed by atoms with Crippen LogP contribution in [0.3, 0.4) is 0 Å². The number of hydrogen-bond acceptors (Lipinski definition) is 4. The number of hydrogen-bond donors (Lipinski definition) is 3. The van der Waals surface area contributed by atoms with Crippen molar-refractivity contribution >= 4 is 16.0 Å².